The van der Waals surface area contributed by atoms with E-state index in [4.69, 9.17) is 0 Å². The van der Waals surface area contributed by atoms with Crippen molar-refractivity contribution in [2.24, 2.45) is 0 Å². The number of fused-ring (bicyclic) bond motifs is 1. The Morgan fingerprint density at radius 1 is 1.30 bits per heavy atom. The molecule has 1 unspecified atom stereocenters. The quantitative estimate of drug-likeness (QED) is 0.660. The first kappa shape index (κ1) is 15.0. The molecular weight excluding hydrogens is 294 g/mol. The van der Waals surface area contributed by atoms with Crippen molar-refractivity contribution in [1.82, 2.24) is 0 Å². The van der Waals surface area contributed by atoms with Crippen molar-refractivity contribution in [3.8, 4) is 0 Å². The number of rotatable bonds is 3. The lowest BCUT2D eigenvalue weighted by Crippen LogP contribution is -2.22. The summed E-state index contributed by atoms with van der Waals surface area (Å²) in [5.74, 6) is 0.137. The van der Waals surface area contributed by atoms with E-state index in [0.29, 0.717) is 12.1 Å². The van der Waals surface area contributed by atoms with Gasteiger partial charge in [0.05, 0.1) is 4.92 Å². The number of aryl methyl sites for hydroxylation is 1. The minimum Gasteiger partial charge on any atom is -0.350 e. The highest BCUT2D eigenvalue weighted by molar-refractivity contribution is 5.96. The fourth-order valence-electron chi connectivity index (χ4n) is 2.92. The lowest BCUT2D eigenvalue weighted by Gasteiger charge is -2.25. The molecule has 0 saturated heterocycles. The normalized spacial score (nSPS) is 16.4. The van der Waals surface area contributed by atoms with Crippen LogP contribution in [0.5, 0.6) is 0 Å². The number of anilines is 3. The Balaban J connectivity index is 2.00. The molecule has 0 bridgehead atoms. The molecule has 0 saturated carbocycles. The summed E-state index contributed by atoms with van der Waals surface area (Å²) in [4.78, 5) is 22.4. The second-order valence-corrected chi connectivity index (χ2v) is 5.81. The summed E-state index contributed by atoms with van der Waals surface area (Å²) in [7, 11) is 0. The van der Waals surface area contributed by atoms with E-state index in [2.05, 4.69) is 10.6 Å². The molecule has 6 heteroatoms. The zero-order valence-corrected chi connectivity index (χ0v) is 12.9. The summed E-state index contributed by atoms with van der Waals surface area (Å²) < 4.78 is 0. The molecule has 118 valence electrons. The van der Waals surface area contributed by atoms with Crippen molar-refractivity contribution in [1.29, 1.82) is 0 Å². The zero-order valence-electron chi connectivity index (χ0n) is 12.9. The monoisotopic (exact) mass is 311 g/mol. The van der Waals surface area contributed by atoms with Gasteiger partial charge in [-0.05, 0) is 42.2 Å². The fourth-order valence-corrected chi connectivity index (χ4v) is 2.92. The second kappa shape index (κ2) is 5.72. The summed E-state index contributed by atoms with van der Waals surface area (Å²) in [6, 6.07) is 10.4. The molecule has 3 rings (SSSR count). The Morgan fingerprint density at radius 3 is 2.78 bits per heavy atom. The van der Waals surface area contributed by atoms with Crippen LogP contribution in [-0.4, -0.2) is 10.8 Å². The lowest BCUT2D eigenvalue weighted by molar-refractivity contribution is -0.383. The van der Waals surface area contributed by atoms with Gasteiger partial charge in [0.25, 0.3) is 5.69 Å². The molecule has 1 aliphatic rings. The SMILES string of the molecule is Cc1cc(Nc2ccccc2[N+](=O)[O-])cc2c1NC(=O)CC2C. The van der Waals surface area contributed by atoms with Gasteiger partial charge in [0.2, 0.25) is 5.91 Å². The van der Waals surface area contributed by atoms with Crippen molar-refractivity contribution in [3.63, 3.8) is 0 Å². The highest BCUT2D eigenvalue weighted by Gasteiger charge is 2.24. The Kier molecular flexibility index (Phi) is 3.73. The van der Waals surface area contributed by atoms with Crippen LogP contribution in [0.2, 0.25) is 0 Å². The van der Waals surface area contributed by atoms with Gasteiger partial charge < -0.3 is 10.6 Å². The summed E-state index contributed by atoms with van der Waals surface area (Å²) in [5.41, 5.74) is 4.09. The average molecular weight is 311 g/mol. The summed E-state index contributed by atoms with van der Waals surface area (Å²) in [5, 5.41) is 17.1. The molecule has 23 heavy (non-hydrogen) atoms. The predicted octanol–water partition coefficient (Wildman–Crippen LogP) is 4.09. The highest BCUT2D eigenvalue weighted by Crippen LogP contribution is 2.38. The number of nitrogens with zero attached hydrogens (tertiary/aromatic N) is 1. The molecule has 2 aromatic rings. The standard InChI is InChI=1S/C17H17N3O3/c1-10-8-16(21)19-17-11(2)7-12(9-13(10)17)18-14-5-3-4-6-15(14)20(22)23/h3-7,9-10,18H,8H2,1-2H3,(H,19,21). The van der Waals surface area contributed by atoms with E-state index < -0.39 is 4.92 Å². The average Bonchev–Trinajstić information content (AvgIpc) is 2.49. The Labute approximate surface area is 133 Å². The van der Waals surface area contributed by atoms with Crippen LogP contribution in [0.4, 0.5) is 22.7 Å². The zero-order chi connectivity index (χ0) is 16.6. The van der Waals surface area contributed by atoms with Gasteiger partial charge in [0, 0.05) is 23.9 Å². The van der Waals surface area contributed by atoms with Crippen molar-refractivity contribution >= 4 is 28.7 Å². The fraction of sp³-hybridized carbons (Fsp3) is 0.235. The molecule has 6 nitrogen and oxygen atoms in total. The van der Waals surface area contributed by atoms with E-state index in [1.165, 1.54) is 6.07 Å². The number of nitrogens with one attached hydrogen (secondary N) is 2. The molecule has 2 N–H and O–H groups in total. The third-order valence-electron chi connectivity index (χ3n) is 4.03. The number of hydrogen-bond acceptors (Lipinski definition) is 4. The van der Waals surface area contributed by atoms with E-state index in [1.54, 1.807) is 18.2 Å². The van der Waals surface area contributed by atoms with Crippen LogP contribution in [0.15, 0.2) is 36.4 Å². The number of hydrogen-bond donors (Lipinski definition) is 2. The van der Waals surface area contributed by atoms with E-state index in [1.807, 2.05) is 26.0 Å². The minimum absolute atomic E-state index is 0.0208. The van der Waals surface area contributed by atoms with Gasteiger partial charge in [-0.15, -0.1) is 0 Å². The van der Waals surface area contributed by atoms with E-state index in [-0.39, 0.29) is 17.5 Å². The van der Waals surface area contributed by atoms with Crippen LogP contribution < -0.4 is 10.6 Å². The van der Waals surface area contributed by atoms with Crippen molar-refractivity contribution in [2.75, 3.05) is 10.6 Å². The van der Waals surface area contributed by atoms with Gasteiger partial charge in [0.15, 0.2) is 0 Å². The maximum atomic E-state index is 11.7. The van der Waals surface area contributed by atoms with Gasteiger partial charge in [-0.2, -0.15) is 0 Å². The van der Waals surface area contributed by atoms with Crippen LogP contribution in [0.25, 0.3) is 0 Å². The molecule has 0 spiro atoms. The molecule has 0 radical (unpaired) electrons. The first-order valence-electron chi connectivity index (χ1n) is 7.40. The number of carbonyl (C=O) groups excluding carboxylic acids is 1. The third kappa shape index (κ3) is 2.88. The first-order chi connectivity index (χ1) is 11.0. The van der Waals surface area contributed by atoms with E-state index in [0.717, 1.165) is 22.5 Å². The number of nitro groups is 1. The molecule has 0 aromatic heterocycles. The molecule has 1 aliphatic heterocycles. The highest BCUT2D eigenvalue weighted by atomic mass is 16.6. The van der Waals surface area contributed by atoms with Crippen molar-refractivity contribution in [2.45, 2.75) is 26.2 Å². The van der Waals surface area contributed by atoms with Gasteiger partial charge >= 0.3 is 0 Å². The molecule has 2 aromatic carbocycles. The van der Waals surface area contributed by atoms with Gasteiger partial charge in [-0.3, -0.25) is 14.9 Å². The Morgan fingerprint density at radius 2 is 2.04 bits per heavy atom. The van der Waals surface area contributed by atoms with Crippen LogP contribution in [0.1, 0.15) is 30.4 Å². The molecule has 1 amide bonds. The van der Waals surface area contributed by atoms with Gasteiger partial charge in [-0.1, -0.05) is 19.1 Å². The molecule has 1 heterocycles. The third-order valence-corrected chi connectivity index (χ3v) is 4.03. The molecule has 1 atom stereocenters. The Bertz CT molecular complexity index is 802. The smallest absolute Gasteiger partial charge is 0.292 e. The van der Waals surface area contributed by atoms with Gasteiger partial charge in [-0.25, -0.2) is 0 Å². The maximum absolute atomic E-state index is 11.7. The maximum Gasteiger partial charge on any atom is 0.292 e. The molecular formula is C17H17N3O3. The summed E-state index contributed by atoms with van der Waals surface area (Å²) in [6.45, 7) is 3.92. The first-order valence-corrected chi connectivity index (χ1v) is 7.40. The number of carbonyl (C=O) groups is 1. The lowest BCUT2D eigenvalue weighted by atomic mass is 9.90. The topological polar surface area (TPSA) is 84.3 Å². The number of amides is 1. The molecule has 0 aliphatic carbocycles. The summed E-state index contributed by atoms with van der Waals surface area (Å²) in [6.07, 6.45) is 0.446. The summed E-state index contributed by atoms with van der Waals surface area (Å²) >= 11 is 0. The van der Waals surface area contributed by atoms with Crippen LogP contribution >= 0.6 is 0 Å². The largest absolute Gasteiger partial charge is 0.350 e. The van der Waals surface area contributed by atoms with Crippen molar-refractivity contribution < 1.29 is 9.72 Å². The molecule has 0 fully saturated rings. The van der Waals surface area contributed by atoms with Crippen LogP contribution in [-0.2, 0) is 4.79 Å². The second-order valence-electron chi connectivity index (χ2n) is 5.81. The van der Waals surface area contributed by atoms with E-state index >= 15 is 0 Å². The van der Waals surface area contributed by atoms with Crippen molar-refractivity contribution in [3.05, 3.63) is 57.6 Å². The van der Waals surface area contributed by atoms with E-state index in [9.17, 15) is 14.9 Å². The van der Waals surface area contributed by atoms with Crippen LogP contribution in [0.3, 0.4) is 0 Å². The Hall–Kier alpha value is -2.89. The predicted molar refractivity (Wildman–Crippen MR) is 89.2 cm³/mol. The number of nitro benzene ring substituents is 1. The van der Waals surface area contributed by atoms with Gasteiger partial charge in [0.1, 0.15) is 5.69 Å². The van der Waals surface area contributed by atoms with Crippen LogP contribution in [0, 0.1) is 17.0 Å². The number of para-hydroxylation sites is 2. The number of benzene rings is 2. The minimum atomic E-state index is -0.406.